The number of pyridine rings is 1. The van der Waals surface area contributed by atoms with E-state index in [2.05, 4.69) is 82.3 Å². The van der Waals surface area contributed by atoms with E-state index in [1.54, 1.807) is 0 Å². The van der Waals surface area contributed by atoms with Crippen LogP contribution < -0.4 is 0 Å². The summed E-state index contributed by atoms with van der Waals surface area (Å²) in [6.45, 7) is 8.98. The largest absolute Gasteiger partial charge is 0.256 e. The van der Waals surface area contributed by atoms with Crippen molar-refractivity contribution < 1.29 is 4.39 Å². The molecule has 0 atom stereocenters. The van der Waals surface area contributed by atoms with Crippen LogP contribution in [0, 0.1) is 18.2 Å². The van der Waals surface area contributed by atoms with Gasteiger partial charge in [-0.1, -0.05) is 69.3 Å². The first kappa shape index (κ1) is 22.9. The lowest BCUT2D eigenvalue weighted by Gasteiger charge is -2.20. The molecule has 0 aliphatic rings. The molecule has 36 heavy (non-hydrogen) atoms. The van der Waals surface area contributed by atoms with Crippen LogP contribution in [-0.4, -0.2) is 4.98 Å². The fourth-order valence-corrected chi connectivity index (χ4v) is 6.37. The fraction of sp³-hybridized carbons (Fsp3) is 0.182. The summed E-state index contributed by atoms with van der Waals surface area (Å²) in [4.78, 5) is 4.78. The molecule has 0 unspecified atom stereocenters. The van der Waals surface area contributed by atoms with Gasteiger partial charge < -0.3 is 0 Å². The molecule has 2 aromatic heterocycles. The molecule has 0 aliphatic heterocycles. The Bertz CT molecular complexity index is 1750. The minimum atomic E-state index is -0.215. The van der Waals surface area contributed by atoms with Gasteiger partial charge in [0.1, 0.15) is 5.82 Å². The van der Waals surface area contributed by atoms with Crippen molar-refractivity contribution in [2.75, 3.05) is 0 Å². The number of hydrogen-bond donors (Lipinski definition) is 0. The summed E-state index contributed by atoms with van der Waals surface area (Å²) in [5.41, 5.74) is 7.16. The Morgan fingerprint density at radius 2 is 1.50 bits per heavy atom. The van der Waals surface area contributed by atoms with Crippen LogP contribution in [0.1, 0.15) is 31.9 Å². The van der Waals surface area contributed by atoms with Gasteiger partial charge in [-0.05, 0) is 76.7 Å². The predicted molar refractivity (Wildman–Crippen MR) is 153 cm³/mol. The molecular weight excluding hydrogens is 461 g/mol. The van der Waals surface area contributed by atoms with Crippen LogP contribution in [0.15, 0.2) is 85.1 Å². The standard InChI is InChI=1S/C33H28FNS/c1-20-19-35-30(15-23(20)18-33(2,3)4)22-11-14-26-29-17-28(21-9-12-24(34)13-10-21)25-7-5-6-8-27(25)32(29)36-31(26)16-22/h5-17,19H,18H2,1-4H3. The summed E-state index contributed by atoms with van der Waals surface area (Å²) < 4.78 is 16.2. The van der Waals surface area contributed by atoms with E-state index in [1.807, 2.05) is 29.7 Å². The number of thiophene rings is 1. The van der Waals surface area contributed by atoms with Gasteiger partial charge >= 0.3 is 0 Å². The third-order valence-electron chi connectivity index (χ3n) is 6.87. The van der Waals surface area contributed by atoms with Gasteiger partial charge in [0.25, 0.3) is 0 Å². The summed E-state index contributed by atoms with van der Waals surface area (Å²) in [7, 11) is 0. The van der Waals surface area contributed by atoms with Crippen LogP contribution in [0.4, 0.5) is 4.39 Å². The highest BCUT2D eigenvalue weighted by atomic mass is 32.1. The summed E-state index contributed by atoms with van der Waals surface area (Å²) in [5.74, 6) is -0.215. The van der Waals surface area contributed by atoms with Gasteiger partial charge in [-0.3, -0.25) is 4.98 Å². The van der Waals surface area contributed by atoms with Gasteiger partial charge in [-0.25, -0.2) is 4.39 Å². The quantitative estimate of drug-likeness (QED) is 0.241. The molecule has 0 saturated carbocycles. The molecule has 6 rings (SSSR count). The van der Waals surface area contributed by atoms with E-state index in [1.165, 1.54) is 54.2 Å². The molecule has 178 valence electrons. The Morgan fingerprint density at radius 3 is 2.25 bits per heavy atom. The molecule has 0 amide bonds. The normalized spacial score (nSPS) is 12.1. The van der Waals surface area contributed by atoms with Crippen LogP contribution in [0.5, 0.6) is 0 Å². The molecule has 0 bridgehead atoms. The van der Waals surface area contributed by atoms with Gasteiger partial charge in [-0.2, -0.15) is 0 Å². The molecule has 1 nitrogen and oxygen atoms in total. The topological polar surface area (TPSA) is 12.9 Å². The number of halogens is 1. The molecule has 3 heteroatoms. The lowest BCUT2D eigenvalue weighted by Crippen LogP contribution is -2.10. The highest BCUT2D eigenvalue weighted by Gasteiger charge is 2.16. The van der Waals surface area contributed by atoms with E-state index in [4.69, 9.17) is 4.98 Å². The smallest absolute Gasteiger partial charge is 0.123 e. The molecular formula is C33H28FNS. The van der Waals surface area contributed by atoms with Crippen LogP contribution in [0.25, 0.3) is 53.3 Å². The average molecular weight is 490 g/mol. The van der Waals surface area contributed by atoms with Crippen LogP contribution in [0.2, 0.25) is 0 Å². The molecule has 4 aromatic carbocycles. The monoisotopic (exact) mass is 489 g/mol. The van der Waals surface area contributed by atoms with Crippen molar-refractivity contribution >= 4 is 42.3 Å². The molecule has 2 heterocycles. The minimum absolute atomic E-state index is 0.215. The molecule has 6 aromatic rings. The van der Waals surface area contributed by atoms with Crippen molar-refractivity contribution in [3.8, 4) is 22.4 Å². The maximum Gasteiger partial charge on any atom is 0.123 e. The molecule has 0 spiro atoms. The van der Waals surface area contributed by atoms with E-state index in [0.29, 0.717) is 0 Å². The summed E-state index contributed by atoms with van der Waals surface area (Å²) in [6, 6.07) is 26.6. The van der Waals surface area contributed by atoms with E-state index in [9.17, 15) is 4.39 Å². The number of nitrogens with zero attached hydrogens (tertiary/aromatic N) is 1. The van der Waals surface area contributed by atoms with Crippen LogP contribution >= 0.6 is 11.3 Å². The second-order valence-corrected chi connectivity index (χ2v) is 12.0. The Hall–Kier alpha value is -3.56. The first-order valence-electron chi connectivity index (χ1n) is 12.4. The first-order valence-corrected chi connectivity index (χ1v) is 13.2. The van der Waals surface area contributed by atoms with Crippen LogP contribution in [-0.2, 0) is 6.42 Å². The van der Waals surface area contributed by atoms with Crippen molar-refractivity contribution in [1.29, 1.82) is 0 Å². The zero-order valence-electron chi connectivity index (χ0n) is 21.0. The molecule has 0 radical (unpaired) electrons. The first-order chi connectivity index (χ1) is 17.3. The Balaban J connectivity index is 1.54. The summed E-state index contributed by atoms with van der Waals surface area (Å²) >= 11 is 1.84. The number of rotatable bonds is 3. The van der Waals surface area contributed by atoms with Crippen molar-refractivity contribution in [2.24, 2.45) is 5.41 Å². The number of fused-ring (bicyclic) bond motifs is 5. The Labute approximate surface area is 215 Å². The van der Waals surface area contributed by atoms with Gasteiger partial charge in [0.15, 0.2) is 0 Å². The third kappa shape index (κ3) is 4.08. The lowest BCUT2D eigenvalue weighted by atomic mass is 9.86. The number of benzene rings is 4. The van der Waals surface area contributed by atoms with Crippen molar-refractivity contribution in [1.82, 2.24) is 4.98 Å². The van der Waals surface area contributed by atoms with Gasteiger partial charge in [0, 0.05) is 37.3 Å². The zero-order chi connectivity index (χ0) is 25.0. The number of aryl methyl sites for hydroxylation is 1. The van der Waals surface area contributed by atoms with Crippen LogP contribution in [0.3, 0.4) is 0 Å². The maximum absolute atomic E-state index is 13.6. The van der Waals surface area contributed by atoms with Crippen molar-refractivity contribution in [2.45, 2.75) is 34.1 Å². The number of aromatic nitrogens is 1. The Kier molecular flexibility index (Phi) is 5.42. The van der Waals surface area contributed by atoms with Gasteiger partial charge in [0.2, 0.25) is 0 Å². The van der Waals surface area contributed by atoms with Crippen molar-refractivity contribution in [3.05, 3.63) is 102 Å². The van der Waals surface area contributed by atoms with E-state index in [0.717, 1.165) is 28.8 Å². The lowest BCUT2D eigenvalue weighted by molar-refractivity contribution is 0.410. The van der Waals surface area contributed by atoms with Gasteiger partial charge in [0.05, 0.1) is 5.69 Å². The zero-order valence-corrected chi connectivity index (χ0v) is 21.8. The fourth-order valence-electron chi connectivity index (χ4n) is 5.11. The van der Waals surface area contributed by atoms with Crippen molar-refractivity contribution in [3.63, 3.8) is 0 Å². The molecule has 0 aliphatic carbocycles. The maximum atomic E-state index is 13.6. The molecule has 0 saturated heterocycles. The minimum Gasteiger partial charge on any atom is -0.256 e. The average Bonchev–Trinajstić information content (AvgIpc) is 3.23. The SMILES string of the molecule is Cc1cnc(-c2ccc3c(c2)sc2c4ccccc4c(-c4ccc(F)cc4)cc32)cc1CC(C)(C)C. The molecule has 0 N–H and O–H groups in total. The predicted octanol–water partition coefficient (Wildman–Crippen LogP) is 9.97. The van der Waals surface area contributed by atoms with Gasteiger partial charge in [-0.15, -0.1) is 11.3 Å². The number of hydrogen-bond acceptors (Lipinski definition) is 2. The Morgan fingerprint density at radius 1 is 0.778 bits per heavy atom. The summed E-state index contributed by atoms with van der Waals surface area (Å²) in [5, 5.41) is 4.91. The molecule has 0 fully saturated rings. The van der Waals surface area contributed by atoms with E-state index in [-0.39, 0.29) is 11.2 Å². The van der Waals surface area contributed by atoms with E-state index >= 15 is 0 Å². The third-order valence-corrected chi connectivity index (χ3v) is 8.07. The second-order valence-electron chi connectivity index (χ2n) is 10.9. The highest BCUT2D eigenvalue weighted by Crippen LogP contribution is 2.43. The van der Waals surface area contributed by atoms with E-state index < -0.39 is 0 Å². The second kappa shape index (κ2) is 8.53. The highest BCUT2D eigenvalue weighted by molar-refractivity contribution is 7.26. The summed E-state index contributed by atoms with van der Waals surface area (Å²) in [6.07, 6.45) is 3.03.